The Bertz CT molecular complexity index is 229. The van der Waals surface area contributed by atoms with Crippen LogP contribution >= 0.6 is 0 Å². The van der Waals surface area contributed by atoms with Gasteiger partial charge in [-0.2, -0.15) is 0 Å². The van der Waals surface area contributed by atoms with E-state index in [4.69, 9.17) is 5.73 Å². The summed E-state index contributed by atoms with van der Waals surface area (Å²) in [7, 11) is 1.50. The highest BCUT2D eigenvalue weighted by molar-refractivity contribution is 6.05. The van der Waals surface area contributed by atoms with E-state index in [9.17, 15) is 9.59 Å². The second-order valence-electron chi connectivity index (χ2n) is 3.35. The lowest BCUT2D eigenvalue weighted by Crippen LogP contribution is -2.44. The van der Waals surface area contributed by atoms with E-state index in [2.05, 4.69) is 5.32 Å². The molecule has 0 spiro atoms. The van der Waals surface area contributed by atoms with Crippen LogP contribution in [-0.2, 0) is 9.59 Å². The van der Waals surface area contributed by atoms with Gasteiger partial charge in [0.1, 0.15) is 0 Å². The standard InChI is InChI=1S/C8H15N3O2/c1-5(4-9)10-6-3-7(12)11(2)8(6)13/h5-6,10H,3-4,9H2,1-2H3. The van der Waals surface area contributed by atoms with Gasteiger partial charge in [0.2, 0.25) is 11.8 Å². The number of nitrogens with two attached hydrogens (primary N) is 1. The third-order valence-electron chi connectivity index (χ3n) is 2.22. The summed E-state index contributed by atoms with van der Waals surface area (Å²) in [5, 5.41) is 3.00. The van der Waals surface area contributed by atoms with Crippen molar-refractivity contribution >= 4 is 11.8 Å². The van der Waals surface area contributed by atoms with Crippen LogP contribution in [0.5, 0.6) is 0 Å². The highest BCUT2D eigenvalue weighted by atomic mass is 16.2. The molecular formula is C8H15N3O2. The lowest BCUT2D eigenvalue weighted by molar-refractivity contribution is -0.137. The summed E-state index contributed by atoms with van der Waals surface area (Å²) in [6.45, 7) is 2.35. The number of nitrogens with one attached hydrogen (secondary N) is 1. The monoisotopic (exact) mass is 185 g/mol. The molecule has 0 aromatic heterocycles. The van der Waals surface area contributed by atoms with Gasteiger partial charge in [0.25, 0.3) is 0 Å². The summed E-state index contributed by atoms with van der Waals surface area (Å²) in [6.07, 6.45) is 0.250. The number of carbonyl (C=O) groups is 2. The van der Waals surface area contributed by atoms with Crippen LogP contribution in [0, 0.1) is 0 Å². The summed E-state index contributed by atoms with van der Waals surface area (Å²) < 4.78 is 0. The fourth-order valence-corrected chi connectivity index (χ4v) is 1.30. The van der Waals surface area contributed by atoms with Crippen LogP contribution in [-0.4, -0.2) is 42.4 Å². The zero-order valence-electron chi connectivity index (χ0n) is 7.91. The van der Waals surface area contributed by atoms with Gasteiger partial charge in [-0.25, -0.2) is 0 Å². The fraction of sp³-hybridized carbons (Fsp3) is 0.750. The van der Waals surface area contributed by atoms with Crippen molar-refractivity contribution in [1.29, 1.82) is 0 Å². The summed E-state index contributed by atoms with van der Waals surface area (Å²) in [5.41, 5.74) is 5.39. The Morgan fingerprint density at radius 3 is 2.69 bits per heavy atom. The summed E-state index contributed by atoms with van der Waals surface area (Å²) in [6, 6.07) is -0.315. The van der Waals surface area contributed by atoms with Crippen molar-refractivity contribution in [3.63, 3.8) is 0 Å². The van der Waals surface area contributed by atoms with Gasteiger partial charge in [-0.05, 0) is 6.92 Å². The molecule has 0 aromatic carbocycles. The van der Waals surface area contributed by atoms with Crippen LogP contribution in [0.4, 0.5) is 0 Å². The molecule has 5 nitrogen and oxygen atoms in total. The number of carbonyl (C=O) groups excluding carboxylic acids is 2. The summed E-state index contributed by atoms with van der Waals surface area (Å²) in [5.74, 6) is -0.294. The molecule has 0 saturated carbocycles. The Labute approximate surface area is 77.3 Å². The van der Waals surface area contributed by atoms with Gasteiger partial charge in [0.15, 0.2) is 0 Å². The maximum atomic E-state index is 11.4. The first-order chi connectivity index (χ1) is 6.06. The van der Waals surface area contributed by atoms with Crippen LogP contribution in [0.3, 0.4) is 0 Å². The number of amides is 2. The Morgan fingerprint density at radius 2 is 2.31 bits per heavy atom. The molecule has 1 heterocycles. The van der Waals surface area contributed by atoms with Gasteiger partial charge >= 0.3 is 0 Å². The Kier molecular flexibility index (Phi) is 3.00. The molecule has 0 radical (unpaired) electrons. The molecule has 2 amide bonds. The third kappa shape index (κ3) is 2.05. The first-order valence-electron chi connectivity index (χ1n) is 4.32. The molecule has 1 fully saturated rings. The highest BCUT2D eigenvalue weighted by Gasteiger charge is 2.36. The topological polar surface area (TPSA) is 75.4 Å². The van der Waals surface area contributed by atoms with Gasteiger partial charge in [0.05, 0.1) is 12.5 Å². The number of hydrogen-bond donors (Lipinski definition) is 2. The molecule has 2 atom stereocenters. The fourth-order valence-electron chi connectivity index (χ4n) is 1.30. The second kappa shape index (κ2) is 3.85. The number of rotatable bonds is 3. The molecule has 1 rings (SSSR count). The minimum absolute atomic E-state index is 0.0632. The molecule has 0 aromatic rings. The predicted molar refractivity (Wildman–Crippen MR) is 47.8 cm³/mol. The third-order valence-corrected chi connectivity index (χ3v) is 2.22. The van der Waals surface area contributed by atoms with Crippen LogP contribution in [0.2, 0.25) is 0 Å². The van der Waals surface area contributed by atoms with Crippen molar-refractivity contribution in [3.8, 4) is 0 Å². The smallest absolute Gasteiger partial charge is 0.246 e. The molecule has 5 heteroatoms. The first kappa shape index (κ1) is 10.1. The zero-order chi connectivity index (χ0) is 10.0. The maximum absolute atomic E-state index is 11.4. The van der Waals surface area contributed by atoms with Crippen LogP contribution in [0.15, 0.2) is 0 Å². The quantitative estimate of drug-likeness (QED) is 0.535. The van der Waals surface area contributed by atoms with E-state index >= 15 is 0 Å². The van der Waals surface area contributed by atoms with Crippen LogP contribution in [0.1, 0.15) is 13.3 Å². The van der Waals surface area contributed by atoms with Crippen LogP contribution in [0.25, 0.3) is 0 Å². The van der Waals surface area contributed by atoms with E-state index in [0.717, 1.165) is 4.90 Å². The molecule has 1 aliphatic heterocycles. The molecule has 74 valence electrons. The molecule has 3 N–H and O–H groups in total. The van der Waals surface area contributed by atoms with Crippen LogP contribution < -0.4 is 11.1 Å². The molecular weight excluding hydrogens is 170 g/mol. The van der Waals surface area contributed by atoms with Crippen molar-refractivity contribution in [2.45, 2.75) is 25.4 Å². The van der Waals surface area contributed by atoms with Crippen molar-refractivity contribution in [3.05, 3.63) is 0 Å². The number of nitrogens with zero attached hydrogens (tertiary/aromatic N) is 1. The van der Waals surface area contributed by atoms with E-state index in [1.807, 2.05) is 6.92 Å². The number of imide groups is 1. The van der Waals surface area contributed by atoms with Gasteiger partial charge in [-0.15, -0.1) is 0 Å². The molecule has 2 unspecified atom stereocenters. The molecule has 0 bridgehead atoms. The van der Waals surface area contributed by atoms with Crippen molar-refractivity contribution in [2.24, 2.45) is 5.73 Å². The molecule has 1 aliphatic rings. The van der Waals surface area contributed by atoms with E-state index in [1.54, 1.807) is 0 Å². The minimum atomic E-state index is -0.379. The molecule has 0 aliphatic carbocycles. The first-order valence-corrected chi connectivity index (χ1v) is 4.32. The van der Waals surface area contributed by atoms with E-state index in [-0.39, 0.29) is 30.3 Å². The van der Waals surface area contributed by atoms with Crippen molar-refractivity contribution in [1.82, 2.24) is 10.2 Å². The molecule has 1 saturated heterocycles. The van der Waals surface area contributed by atoms with Gasteiger partial charge < -0.3 is 11.1 Å². The van der Waals surface area contributed by atoms with Gasteiger partial charge in [0, 0.05) is 19.6 Å². The normalized spacial score (nSPS) is 25.5. The average Bonchev–Trinajstić information content (AvgIpc) is 2.34. The largest absolute Gasteiger partial charge is 0.329 e. The lowest BCUT2D eigenvalue weighted by Gasteiger charge is -2.15. The Hall–Kier alpha value is -0.940. The average molecular weight is 185 g/mol. The predicted octanol–water partition coefficient (Wildman–Crippen LogP) is -1.32. The van der Waals surface area contributed by atoms with Gasteiger partial charge in [-0.1, -0.05) is 0 Å². The Balaban J connectivity index is 2.54. The van der Waals surface area contributed by atoms with Gasteiger partial charge in [-0.3, -0.25) is 14.5 Å². The summed E-state index contributed by atoms with van der Waals surface area (Å²) in [4.78, 5) is 23.6. The van der Waals surface area contributed by atoms with Crippen molar-refractivity contribution in [2.75, 3.05) is 13.6 Å². The number of hydrogen-bond acceptors (Lipinski definition) is 4. The van der Waals surface area contributed by atoms with E-state index in [1.165, 1.54) is 7.05 Å². The van der Waals surface area contributed by atoms with Crippen molar-refractivity contribution < 1.29 is 9.59 Å². The Morgan fingerprint density at radius 1 is 1.69 bits per heavy atom. The molecule has 13 heavy (non-hydrogen) atoms. The highest BCUT2D eigenvalue weighted by Crippen LogP contribution is 2.10. The SMILES string of the molecule is CC(CN)NC1CC(=O)N(C)C1=O. The lowest BCUT2D eigenvalue weighted by atomic mass is 10.2. The van der Waals surface area contributed by atoms with E-state index < -0.39 is 0 Å². The minimum Gasteiger partial charge on any atom is -0.329 e. The number of likely N-dealkylation sites (N-methyl/N-ethyl adjacent to an activating group) is 1. The number of likely N-dealkylation sites (tertiary alicyclic amines) is 1. The maximum Gasteiger partial charge on any atom is 0.246 e. The van der Waals surface area contributed by atoms with E-state index in [0.29, 0.717) is 6.54 Å². The second-order valence-corrected chi connectivity index (χ2v) is 3.35. The zero-order valence-corrected chi connectivity index (χ0v) is 7.91. The summed E-state index contributed by atoms with van der Waals surface area (Å²) >= 11 is 0.